The maximum atomic E-state index is 13.0. The molecule has 0 radical (unpaired) electrons. The van der Waals surface area contributed by atoms with Gasteiger partial charge in [0.2, 0.25) is 0 Å². The van der Waals surface area contributed by atoms with Gasteiger partial charge in [0.05, 0.1) is 32.0 Å². The van der Waals surface area contributed by atoms with Crippen LogP contribution in [0.2, 0.25) is 5.02 Å². The molecule has 1 amide bonds. The van der Waals surface area contributed by atoms with E-state index in [9.17, 15) is 13.2 Å². The average molecular weight is 477 g/mol. The van der Waals surface area contributed by atoms with Crippen molar-refractivity contribution in [1.82, 2.24) is 0 Å². The number of hydrogen-bond donors (Lipinski definition) is 2. The zero-order chi connectivity index (χ0) is 23.3. The van der Waals surface area contributed by atoms with E-state index in [4.69, 9.17) is 25.8 Å². The quantitative estimate of drug-likeness (QED) is 0.499. The van der Waals surface area contributed by atoms with Gasteiger partial charge >= 0.3 is 0 Å². The molecule has 0 saturated carbocycles. The number of anilines is 2. The molecule has 10 heteroatoms. The van der Waals surface area contributed by atoms with Crippen LogP contribution in [0.5, 0.6) is 17.2 Å². The first-order valence-electron chi connectivity index (χ1n) is 9.28. The van der Waals surface area contributed by atoms with Crippen LogP contribution >= 0.6 is 11.6 Å². The number of rotatable bonds is 8. The molecule has 0 heterocycles. The first-order valence-corrected chi connectivity index (χ1v) is 11.1. The molecule has 0 spiro atoms. The summed E-state index contributed by atoms with van der Waals surface area (Å²) in [5.74, 6) is 0.756. The summed E-state index contributed by atoms with van der Waals surface area (Å²) in [6.45, 7) is 0. The molecule has 0 fully saturated rings. The van der Waals surface area contributed by atoms with Crippen molar-refractivity contribution in [2.45, 2.75) is 4.90 Å². The highest BCUT2D eigenvalue weighted by Crippen LogP contribution is 2.31. The van der Waals surface area contributed by atoms with E-state index in [-0.39, 0.29) is 21.3 Å². The molecule has 3 aromatic rings. The van der Waals surface area contributed by atoms with Crippen LogP contribution in [-0.4, -0.2) is 35.7 Å². The molecule has 0 aliphatic carbocycles. The van der Waals surface area contributed by atoms with Crippen LogP contribution in [0.1, 0.15) is 10.4 Å². The topological polar surface area (TPSA) is 103 Å². The number of methoxy groups -OCH3 is 3. The van der Waals surface area contributed by atoms with Crippen LogP contribution in [0, 0.1) is 0 Å². The highest BCUT2D eigenvalue weighted by molar-refractivity contribution is 7.92. The fourth-order valence-corrected chi connectivity index (χ4v) is 4.49. The zero-order valence-corrected chi connectivity index (χ0v) is 19.1. The van der Waals surface area contributed by atoms with E-state index >= 15 is 0 Å². The Balaban J connectivity index is 1.87. The molecule has 168 valence electrons. The Hall–Kier alpha value is -3.43. The number of ether oxygens (including phenoxy) is 3. The smallest absolute Gasteiger partial charge is 0.263 e. The molecule has 0 saturated heterocycles. The number of para-hydroxylation sites is 2. The van der Waals surface area contributed by atoms with Gasteiger partial charge in [-0.25, -0.2) is 8.42 Å². The number of hydrogen-bond acceptors (Lipinski definition) is 6. The summed E-state index contributed by atoms with van der Waals surface area (Å²) in [5, 5.41) is 2.66. The largest absolute Gasteiger partial charge is 0.495 e. The third kappa shape index (κ3) is 5.06. The summed E-state index contributed by atoms with van der Waals surface area (Å²) in [5.41, 5.74) is 0.801. The summed E-state index contributed by atoms with van der Waals surface area (Å²) < 4.78 is 43.9. The minimum Gasteiger partial charge on any atom is -0.495 e. The van der Waals surface area contributed by atoms with Crippen LogP contribution in [-0.2, 0) is 10.0 Å². The fraction of sp³-hybridized carbons (Fsp3) is 0.136. The molecule has 0 atom stereocenters. The second-order valence-electron chi connectivity index (χ2n) is 6.47. The number of carbonyl (C=O) groups is 1. The van der Waals surface area contributed by atoms with Crippen molar-refractivity contribution >= 4 is 38.9 Å². The molecule has 0 aromatic heterocycles. The van der Waals surface area contributed by atoms with Crippen molar-refractivity contribution in [2.24, 2.45) is 0 Å². The molecule has 2 N–H and O–H groups in total. The van der Waals surface area contributed by atoms with Gasteiger partial charge in [0.1, 0.15) is 10.6 Å². The third-order valence-electron chi connectivity index (χ3n) is 4.48. The summed E-state index contributed by atoms with van der Waals surface area (Å²) in [4.78, 5) is 12.5. The molecule has 0 bridgehead atoms. The van der Waals surface area contributed by atoms with Crippen LogP contribution in [0.15, 0.2) is 65.6 Å². The molecular weight excluding hydrogens is 456 g/mol. The lowest BCUT2D eigenvalue weighted by Crippen LogP contribution is -2.16. The van der Waals surface area contributed by atoms with Gasteiger partial charge in [-0.1, -0.05) is 23.7 Å². The van der Waals surface area contributed by atoms with Gasteiger partial charge in [-0.15, -0.1) is 0 Å². The number of benzene rings is 3. The van der Waals surface area contributed by atoms with Crippen molar-refractivity contribution in [3.63, 3.8) is 0 Å². The van der Waals surface area contributed by atoms with Crippen LogP contribution < -0.4 is 24.2 Å². The SMILES string of the molecule is COc1ccccc1NS(=O)(=O)c1cc(NC(=O)c2ccc(OC)c(OC)c2)ccc1Cl. The van der Waals surface area contributed by atoms with Gasteiger partial charge < -0.3 is 19.5 Å². The number of sulfonamides is 1. The van der Waals surface area contributed by atoms with Gasteiger partial charge in [-0.2, -0.15) is 0 Å². The summed E-state index contributed by atoms with van der Waals surface area (Å²) in [7, 11) is 0.321. The van der Waals surface area contributed by atoms with E-state index in [1.165, 1.54) is 45.6 Å². The minimum absolute atomic E-state index is 0.00323. The van der Waals surface area contributed by atoms with E-state index in [0.29, 0.717) is 22.8 Å². The van der Waals surface area contributed by atoms with Crippen LogP contribution in [0.4, 0.5) is 11.4 Å². The maximum Gasteiger partial charge on any atom is 0.263 e. The Kier molecular flexibility index (Phi) is 7.12. The molecular formula is C22H21ClN2O6S. The molecule has 8 nitrogen and oxygen atoms in total. The van der Waals surface area contributed by atoms with Crippen molar-refractivity contribution in [3.05, 3.63) is 71.2 Å². The third-order valence-corrected chi connectivity index (χ3v) is 6.32. The molecule has 0 aliphatic heterocycles. The predicted molar refractivity (Wildman–Crippen MR) is 123 cm³/mol. The Labute approximate surface area is 191 Å². The van der Waals surface area contributed by atoms with Gasteiger partial charge in [0.25, 0.3) is 15.9 Å². The van der Waals surface area contributed by atoms with E-state index in [1.807, 2.05) is 0 Å². The van der Waals surface area contributed by atoms with Gasteiger partial charge in [0.15, 0.2) is 11.5 Å². The molecule has 32 heavy (non-hydrogen) atoms. The van der Waals surface area contributed by atoms with E-state index < -0.39 is 15.9 Å². The van der Waals surface area contributed by atoms with E-state index in [1.54, 1.807) is 36.4 Å². The van der Waals surface area contributed by atoms with Crippen molar-refractivity contribution in [2.75, 3.05) is 31.4 Å². The number of halogens is 1. The van der Waals surface area contributed by atoms with E-state index in [0.717, 1.165) is 0 Å². The average Bonchev–Trinajstić information content (AvgIpc) is 2.79. The lowest BCUT2D eigenvalue weighted by Gasteiger charge is -2.14. The van der Waals surface area contributed by atoms with Crippen molar-refractivity contribution < 1.29 is 27.4 Å². The lowest BCUT2D eigenvalue weighted by atomic mass is 10.2. The van der Waals surface area contributed by atoms with Crippen molar-refractivity contribution in [3.8, 4) is 17.2 Å². The lowest BCUT2D eigenvalue weighted by molar-refractivity contribution is 0.102. The predicted octanol–water partition coefficient (Wildman–Crippen LogP) is 4.42. The van der Waals surface area contributed by atoms with Gasteiger partial charge in [-0.05, 0) is 48.5 Å². The Bertz CT molecular complexity index is 1250. The number of carbonyl (C=O) groups excluding carboxylic acids is 1. The number of amides is 1. The minimum atomic E-state index is -4.07. The molecule has 3 aromatic carbocycles. The first kappa shape index (κ1) is 23.2. The highest BCUT2D eigenvalue weighted by atomic mass is 35.5. The maximum absolute atomic E-state index is 13.0. The summed E-state index contributed by atoms with van der Waals surface area (Å²) in [6.07, 6.45) is 0. The monoisotopic (exact) mass is 476 g/mol. The molecule has 3 rings (SSSR count). The first-order chi connectivity index (χ1) is 15.3. The van der Waals surface area contributed by atoms with Crippen LogP contribution in [0.3, 0.4) is 0 Å². The number of nitrogens with one attached hydrogen (secondary N) is 2. The summed E-state index contributed by atoms with van der Waals surface area (Å²) in [6, 6.07) is 15.4. The Morgan fingerprint density at radius 3 is 2.22 bits per heavy atom. The van der Waals surface area contributed by atoms with Crippen molar-refractivity contribution in [1.29, 1.82) is 0 Å². The second-order valence-corrected chi connectivity index (χ2v) is 8.53. The van der Waals surface area contributed by atoms with Gasteiger partial charge in [-0.3, -0.25) is 9.52 Å². The standard InChI is InChI=1S/C22H21ClN2O6S/c1-29-18-7-5-4-6-17(18)25-32(27,28)21-13-15(9-10-16(21)23)24-22(26)14-8-11-19(30-2)20(12-14)31-3/h4-13,25H,1-3H3,(H,24,26). The molecule has 0 aliphatic rings. The fourth-order valence-electron chi connectivity index (χ4n) is 2.90. The van der Waals surface area contributed by atoms with Crippen LogP contribution in [0.25, 0.3) is 0 Å². The molecule has 0 unspecified atom stereocenters. The Morgan fingerprint density at radius 1 is 0.844 bits per heavy atom. The second kappa shape index (κ2) is 9.80. The summed E-state index contributed by atoms with van der Waals surface area (Å²) >= 11 is 6.15. The zero-order valence-electron chi connectivity index (χ0n) is 17.5. The Morgan fingerprint density at radius 2 is 1.53 bits per heavy atom. The highest BCUT2D eigenvalue weighted by Gasteiger charge is 2.21. The van der Waals surface area contributed by atoms with E-state index in [2.05, 4.69) is 10.0 Å². The van der Waals surface area contributed by atoms with Gasteiger partial charge in [0, 0.05) is 11.3 Å². The normalized spacial score (nSPS) is 10.9.